The van der Waals surface area contributed by atoms with E-state index < -0.39 is 12.1 Å². The molecular formula is C6H12F3N. The predicted octanol–water partition coefficient (Wildman–Crippen LogP) is 1.79. The van der Waals surface area contributed by atoms with Gasteiger partial charge in [0.05, 0.1) is 5.92 Å². The van der Waals surface area contributed by atoms with Crippen LogP contribution >= 0.6 is 0 Å². The molecule has 0 saturated heterocycles. The van der Waals surface area contributed by atoms with Gasteiger partial charge < -0.3 is 5.32 Å². The van der Waals surface area contributed by atoms with E-state index in [9.17, 15) is 13.2 Å². The Bertz CT molecular complexity index is 89.5. The van der Waals surface area contributed by atoms with Crippen LogP contribution < -0.4 is 5.32 Å². The average molecular weight is 155 g/mol. The van der Waals surface area contributed by atoms with E-state index in [2.05, 4.69) is 5.32 Å². The lowest BCUT2D eigenvalue weighted by molar-refractivity contribution is -0.173. The van der Waals surface area contributed by atoms with Crippen LogP contribution in [0.2, 0.25) is 0 Å². The Morgan fingerprint density at radius 3 is 2.00 bits per heavy atom. The van der Waals surface area contributed by atoms with Gasteiger partial charge in [0.15, 0.2) is 0 Å². The molecule has 0 aliphatic carbocycles. The van der Waals surface area contributed by atoms with Crippen molar-refractivity contribution < 1.29 is 13.2 Å². The molecule has 0 aromatic rings. The maximum absolute atomic E-state index is 11.9. The first-order valence-corrected chi connectivity index (χ1v) is 3.23. The van der Waals surface area contributed by atoms with E-state index in [4.69, 9.17) is 0 Å². The number of rotatable bonds is 3. The Labute approximate surface area is 58.6 Å². The van der Waals surface area contributed by atoms with Crippen molar-refractivity contribution in [2.75, 3.05) is 13.6 Å². The summed E-state index contributed by atoms with van der Waals surface area (Å²) >= 11 is 0. The second-order valence-electron chi connectivity index (χ2n) is 2.20. The largest absolute Gasteiger partial charge is 0.393 e. The first-order valence-electron chi connectivity index (χ1n) is 3.23. The molecule has 0 bridgehead atoms. The van der Waals surface area contributed by atoms with E-state index in [0.29, 0.717) is 0 Å². The van der Waals surface area contributed by atoms with Gasteiger partial charge in [-0.1, -0.05) is 6.92 Å². The fourth-order valence-electron chi connectivity index (χ4n) is 0.738. The highest BCUT2D eigenvalue weighted by Gasteiger charge is 2.37. The molecule has 0 rings (SSSR count). The first kappa shape index (κ1) is 9.75. The van der Waals surface area contributed by atoms with Crippen molar-refractivity contribution in [1.29, 1.82) is 0 Å². The minimum Gasteiger partial charge on any atom is -0.319 e. The third-order valence-corrected chi connectivity index (χ3v) is 1.41. The van der Waals surface area contributed by atoms with Crippen molar-refractivity contribution in [3.63, 3.8) is 0 Å². The Morgan fingerprint density at radius 1 is 1.40 bits per heavy atom. The van der Waals surface area contributed by atoms with Crippen LogP contribution in [0.1, 0.15) is 13.3 Å². The summed E-state index contributed by atoms with van der Waals surface area (Å²) in [5, 5.41) is 2.51. The SMILES string of the molecule is CCC(CNC)C(F)(F)F. The molecular weight excluding hydrogens is 143 g/mol. The van der Waals surface area contributed by atoms with E-state index in [0.717, 1.165) is 0 Å². The summed E-state index contributed by atoms with van der Waals surface area (Å²) in [7, 11) is 1.52. The quantitative estimate of drug-likeness (QED) is 0.655. The molecule has 0 amide bonds. The molecule has 0 spiro atoms. The van der Waals surface area contributed by atoms with Gasteiger partial charge in [0.25, 0.3) is 0 Å². The molecule has 0 heterocycles. The van der Waals surface area contributed by atoms with Crippen molar-refractivity contribution in [3.8, 4) is 0 Å². The van der Waals surface area contributed by atoms with Gasteiger partial charge in [-0.3, -0.25) is 0 Å². The topological polar surface area (TPSA) is 12.0 Å². The van der Waals surface area contributed by atoms with Crippen molar-refractivity contribution >= 4 is 0 Å². The van der Waals surface area contributed by atoms with Crippen molar-refractivity contribution in [2.24, 2.45) is 5.92 Å². The highest BCUT2D eigenvalue weighted by atomic mass is 19.4. The molecule has 4 heteroatoms. The zero-order valence-corrected chi connectivity index (χ0v) is 6.13. The third kappa shape index (κ3) is 3.06. The van der Waals surface area contributed by atoms with Crippen LogP contribution in [0.25, 0.3) is 0 Å². The maximum Gasteiger partial charge on any atom is 0.393 e. The number of nitrogens with one attached hydrogen (secondary N) is 1. The molecule has 0 saturated carbocycles. The van der Waals surface area contributed by atoms with Gasteiger partial charge >= 0.3 is 6.18 Å². The van der Waals surface area contributed by atoms with Crippen LogP contribution in [0.5, 0.6) is 0 Å². The standard InChI is InChI=1S/C6H12F3N/c1-3-5(4-10-2)6(7,8)9/h5,10H,3-4H2,1-2H3. The zero-order chi connectivity index (χ0) is 8.20. The van der Waals surface area contributed by atoms with Gasteiger partial charge in [-0.25, -0.2) is 0 Å². The molecule has 1 N–H and O–H groups in total. The zero-order valence-electron chi connectivity index (χ0n) is 6.13. The summed E-state index contributed by atoms with van der Waals surface area (Å²) in [5.41, 5.74) is 0. The van der Waals surface area contributed by atoms with Gasteiger partial charge in [-0.2, -0.15) is 13.2 Å². The summed E-state index contributed by atoms with van der Waals surface area (Å²) in [6, 6.07) is 0. The fraction of sp³-hybridized carbons (Fsp3) is 1.00. The molecule has 1 unspecified atom stereocenters. The molecule has 0 aliphatic rings. The number of halogens is 3. The Morgan fingerprint density at radius 2 is 1.90 bits per heavy atom. The molecule has 0 aromatic heterocycles. The van der Waals surface area contributed by atoms with Gasteiger partial charge in [-0.15, -0.1) is 0 Å². The molecule has 0 fully saturated rings. The Balaban J connectivity index is 3.81. The molecule has 0 aliphatic heterocycles. The summed E-state index contributed by atoms with van der Waals surface area (Å²) in [6.45, 7) is 1.55. The van der Waals surface area contributed by atoms with E-state index in [1.54, 1.807) is 0 Å². The monoisotopic (exact) mass is 155 g/mol. The lowest BCUT2D eigenvalue weighted by Gasteiger charge is -2.17. The molecule has 10 heavy (non-hydrogen) atoms. The minimum atomic E-state index is -4.04. The molecule has 62 valence electrons. The smallest absolute Gasteiger partial charge is 0.319 e. The van der Waals surface area contributed by atoms with Gasteiger partial charge in [0.1, 0.15) is 0 Å². The lowest BCUT2D eigenvalue weighted by atomic mass is 10.1. The number of hydrogen-bond acceptors (Lipinski definition) is 1. The van der Waals surface area contributed by atoms with Gasteiger partial charge in [0, 0.05) is 6.54 Å². The Kier molecular flexibility index (Phi) is 3.71. The first-order chi connectivity index (χ1) is 4.52. The van der Waals surface area contributed by atoms with Crippen molar-refractivity contribution in [2.45, 2.75) is 19.5 Å². The van der Waals surface area contributed by atoms with Crippen LogP contribution in [-0.2, 0) is 0 Å². The summed E-state index contributed by atoms with van der Waals surface area (Å²) in [5.74, 6) is -1.20. The minimum absolute atomic E-state index is 0.0139. The Hall–Kier alpha value is -0.250. The fourth-order valence-corrected chi connectivity index (χ4v) is 0.738. The van der Waals surface area contributed by atoms with Crippen LogP contribution in [0, 0.1) is 5.92 Å². The molecule has 0 radical (unpaired) electrons. The number of alkyl halides is 3. The van der Waals surface area contributed by atoms with Gasteiger partial charge in [-0.05, 0) is 13.5 Å². The van der Waals surface area contributed by atoms with Crippen LogP contribution in [0.4, 0.5) is 13.2 Å². The summed E-state index contributed by atoms with van der Waals surface area (Å²) in [6.07, 6.45) is -3.90. The average Bonchev–Trinajstić information content (AvgIpc) is 1.80. The lowest BCUT2D eigenvalue weighted by Crippen LogP contribution is -2.31. The molecule has 1 atom stereocenters. The predicted molar refractivity (Wildman–Crippen MR) is 33.8 cm³/mol. The van der Waals surface area contributed by atoms with Crippen LogP contribution in [0.3, 0.4) is 0 Å². The van der Waals surface area contributed by atoms with Crippen LogP contribution in [-0.4, -0.2) is 19.8 Å². The van der Waals surface area contributed by atoms with Crippen LogP contribution in [0.15, 0.2) is 0 Å². The van der Waals surface area contributed by atoms with Crippen molar-refractivity contribution in [3.05, 3.63) is 0 Å². The summed E-state index contributed by atoms with van der Waals surface area (Å²) in [4.78, 5) is 0. The maximum atomic E-state index is 11.9. The molecule has 1 nitrogen and oxygen atoms in total. The number of hydrogen-bond donors (Lipinski definition) is 1. The highest BCUT2D eigenvalue weighted by molar-refractivity contribution is 4.66. The second-order valence-corrected chi connectivity index (χ2v) is 2.20. The second kappa shape index (κ2) is 3.81. The van der Waals surface area contributed by atoms with Crippen molar-refractivity contribution in [1.82, 2.24) is 5.32 Å². The normalized spacial score (nSPS) is 15.3. The van der Waals surface area contributed by atoms with E-state index in [1.165, 1.54) is 14.0 Å². The molecule has 0 aromatic carbocycles. The van der Waals surface area contributed by atoms with E-state index in [1.807, 2.05) is 0 Å². The van der Waals surface area contributed by atoms with Gasteiger partial charge in [0.2, 0.25) is 0 Å². The highest BCUT2D eigenvalue weighted by Crippen LogP contribution is 2.27. The summed E-state index contributed by atoms with van der Waals surface area (Å²) < 4.78 is 35.6. The van der Waals surface area contributed by atoms with E-state index >= 15 is 0 Å². The van der Waals surface area contributed by atoms with E-state index in [-0.39, 0.29) is 13.0 Å². The third-order valence-electron chi connectivity index (χ3n) is 1.41.